The summed E-state index contributed by atoms with van der Waals surface area (Å²) in [5.74, 6) is 0.306. The number of amides is 1. The summed E-state index contributed by atoms with van der Waals surface area (Å²) in [6.07, 6.45) is 5.33. The lowest BCUT2D eigenvalue weighted by molar-refractivity contribution is -0.144. The lowest BCUT2D eigenvalue weighted by Crippen LogP contribution is -2.45. The SMILES string of the molecule is Cc1cc(C)c2nc(Cl)c(CN(C[C@@H]3COCCO3)C(=O)C3CCCCC3)cc2c1. The van der Waals surface area contributed by atoms with Crippen molar-refractivity contribution in [3.8, 4) is 0 Å². The zero-order chi connectivity index (χ0) is 21.1. The van der Waals surface area contributed by atoms with E-state index in [1.54, 1.807) is 0 Å². The van der Waals surface area contributed by atoms with Crippen LogP contribution in [0.1, 0.15) is 48.8 Å². The Balaban J connectivity index is 1.61. The van der Waals surface area contributed by atoms with Crippen LogP contribution < -0.4 is 0 Å². The number of halogens is 1. The summed E-state index contributed by atoms with van der Waals surface area (Å²) in [5, 5.41) is 1.53. The summed E-state index contributed by atoms with van der Waals surface area (Å²) in [7, 11) is 0. The number of hydrogen-bond donors (Lipinski definition) is 0. The minimum absolute atomic E-state index is 0.0945. The van der Waals surface area contributed by atoms with Gasteiger partial charge in [-0.15, -0.1) is 0 Å². The van der Waals surface area contributed by atoms with E-state index in [2.05, 4.69) is 37.0 Å². The normalized spacial score (nSPS) is 20.4. The summed E-state index contributed by atoms with van der Waals surface area (Å²) in [6.45, 7) is 6.83. The van der Waals surface area contributed by atoms with Crippen LogP contribution in [0.25, 0.3) is 10.9 Å². The summed E-state index contributed by atoms with van der Waals surface area (Å²) in [4.78, 5) is 20.0. The molecule has 162 valence electrons. The Hall–Kier alpha value is -1.69. The minimum Gasteiger partial charge on any atom is -0.376 e. The van der Waals surface area contributed by atoms with Crippen LogP contribution in [-0.4, -0.2) is 48.3 Å². The Labute approximate surface area is 183 Å². The first-order chi connectivity index (χ1) is 14.5. The van der Waals surface area contributed by atoms with Gasteiger partial charge in [0.05, 0.1) is 31.4 Å². The molecule has 2 aromatic rings. The number of carbonyl (C=O) groups is 1. The monoisotopic (exact) mass is 430 g/mol. The first-order valence-corrected chi connectivity index (χ1v) is 11.4. The van der Waals surface area contributed by atoms with Crippen molar-refractivity contribution in [3.05, 3.63) is 40.0 Å². The van der Waals surface area contributed by atoms with Crippen LogP contribution in [0.5, 0.6) is 0 Å². The van der Waals surface area contributed by atoms with E-state index >= 15 is 0 Å². The molecule has 0 N–H and O–H groups in total. The van der Waals surface area contributed by atoms with Crippen molar-refractivity contribution in [3.63, 3.8) is 0 Å². The molecular formula is C24H31ClN2O3. The van der Waals surface area contributed by atoms with Crippen LogP contribution in [0.3, 0.4) is 0 Å². The third kappa shape index (κ3) is 4.96. The summed E-state index contributed by atoms with van der Waals surface area (Å²) >= 11 is 6.59. The van der Waals surface area contributed by atoms with E-state index in [0.717, 1.165) is 47.7 Å². The number of aryl methyl sites for hydroxylation is 2. The highest BCUT2D eigenvalue weighted by molar-refractivity contribution is 6.30. The van der Waals surface area contributed by atoms with Crippen molar-refractivity contribution in [2.45, 2.75) is 58.6 Å². The van der Waals surface area contributed by atoms with E-state index in [9.17, 15) is 4.79 Å². The second-order valence-corrected chi connectivity index (χ2v) is 9.07. The van der Waals surface area contributed by atoms with Crippen molar-refractivity contribution in [2.75, 3.05) is 26.4 Å². The molecule has 2 fully saturated rings. The van der Waals surface area contributed by atoms with Gasteiger partial charge in [-0.05, 0) is 44.4 Å². The zero-order valence-electron chi connectivity index (χ0n) is 18.0. The van der Waals surface area contributed by atoms with Crippen LogP contribution in [0.2, 0.25) is 5.15 Å². The summed E-state index contributed by atoms with van der Waals surface area (Å²) in [6, 6.07) is 6.33. The van der Waals surface area contributed by atoms with Gasteiger partial charge in [0, 0.05) is 30.0 Å². The molecule has 30 heavy (non-hydrogen) atoms. The third-order valence-corrected chi connectivity index (χ3v) is 6.54. The van der Waals surface area contributed by atoms with Crippen molar-refractivity contribution in [2.24, 2.45) is 5.92 Å². The molecule has 4 rings (SSSR count). The number of carbonyl (C=O) groups excluding carboxylic acids is 1. The topological polar surface area (TPSA) is 51.7 Å². The van der Waals surface area contributed by atoms with Crippen LogP contribution in [0, 0.1) is 19.8 Å². The lowest BCUT2D eigenvalue weighted by Gasteiger charge is -2.33. The highest BCUT2D eigenvalue weighted by Gasteiger charge is 2.29. The van der Waals surface area contributed by atoms with Gasteiger partial charge in [0.1, 0.15) is 5.15 Å². The van der Waals surface area contributed by atoms with Gasteiger partial charge in [-0.2, -0.15) is 0 Å². The Kier molecular flexibility index (Phi) is 6.91. The highest BCUT2D eigenvalue weighted by atomic mass is 35.5. The molecule has 1 aliphatic heterocycles. The number of fused-ring (bicyclic) bond motifs is 1. The molecule has 1 amide bonds. The maximum Gasteiger partial charge on any atom is 0.226 e. The predicted molar refractivity (Wildman–Crippen MR) is 119 cm³/mol. The van der Waals surface area contributed by atoms with Crippen LogP contribution in [0.4, 0.5) is 0 Å². The molecule has 1 aromatic carbocycles. The van der Waals surface area contributed by atoms with Gasteiger partial charge in [-0.25, -0.2) is 4.98 Å². The molecule has 6 heteroatoms. The fraction of sp³-hybridized carbons (Fsp3) is 0.583. The van der Waals surface area contributed by atoms with Gasteiger partial charge in [0.2, 0.25) is 5.91 Å². The Morgan fingerprint density at radius 1 is 1.17 bits per heavy atom. The first kappa shape index (κ1) is 21.5. The number of ether oxygens (including phenoxy) is 2. The van der Waals surface area contributed by atoms with Crippen LogP contribution in [0.15, 0.2) is 18.2 Å². The largest absolute Gasteiger partial charge is 0.376 e. The lowest BCUT2D eigenvalue weighted by atomic mass is 9.88. The van der Waals surface area contributed by atoms with Crippen molar-refractivity contribution in [1.82, 2.24) is 9.88 Å². The molecule has 1 aromatic heterocycles. The summed E-state index contributed by atoms with van der Waals surface area (Å²) in [5.41, 5.74) is 4.11. The maximum absolute atomic E-state index is 13.4. The second kappa shape index (κ2) is 9.63. The molecular weight excluding hydrogens is 400 g/mol. The molecule has 1 saturated heterocycles. The fourth-order valence-electron chi connectivity index (χ4n) is 4.72. The fourth-order valence-corrected chi connectivity index (χ4v) is 4.92. The van der Waals surface area contributed by atoms with E-state index in [0.29, 0.717) is 38.1 Å². The van der Waals surface area contributed by atoms with Crippen LogP contribution >= 0.6 is 11.6 Å². The standard InChI is InChI=1S/C24H31ClN2O3/c1-16-10-17(2)22-19(11-16)12-20(23(25)26-22)13-27(14-21-15-29-8-9-30-21)24(28)18-6-4-3-5-7-18/h10-12,18,21H,3-9,13-15H2,1-2H3/t21-/m1/s1. The molecule has 2 aliphatic rings. The Bertz CT molecular complexity index is 905. The molecule has 0 spiro atoms. The Morgan fingerprint density at radius 3 is 2.70 bits per heavy atom. The van der Waals surface area contributed by atoms with Crippen molar-refractivity contribution < 1.29 is 14.3 Å². The molecule has 1 saturated carbocycles. The third-order valence-electron chi connectivity index (χ3n) is 6.22. The van der Waals surface area contributed by atoms with Crippen molar-refractivity contribution >= 4 is 28.4 Å². The zero-order valence-corrected chi connectivity index (χ0v) is 18.7. The highest BCUT2D eigenvalue weighted by Crippen LogP contribution is 2.29. The van der Waals surface area contributed by atoms with Gasteiger partial charge >= 0.3 is 0 Å². The van der Waals surface area contributed by atoms with E-state index < -0.39 is 0 Å². The van der Waals surface area contributed by atoms with E-state index in [1.807, 2.05) is 4.90 Å². The number of nitrogens with zero attached hydrogens (tertiary/aromatic N) is 2. The van der Waals surface area contributed by atoms with Gasteiger partial charge < -0.3 is 14.4 Å². The molecule has 1 atom stereocenters. The van der Waals surface area contributed by atoms with E-state index in [-0.39, 0.29) is 17.9 Å². The molecule has 0 unspecified atom stereocenters. The number of hydrogen-bond acceptors (Lipinski definition) is 4. The minimum atomic E-state index is -0.0945. The average Bonchev–Trinajstić information content (AvgIpc) is 2.75. The van der Waals surface area contributed by atoms with E-state index in [4.69, 9.17) is 21.1 Å². The smallest absolute Gasteiger partial charge is 0.226 e. The quantitative estimate of drug-likeness (QED) is 0.637. The van der Waals surface area contributed by atoms with E-state index in [1.165, 1.54) is 12.0 Å². The summed E-state index contributed by atoms with van der Waals surface area (Å²) < 4.78 is 11.4. The average molecular weight is 431 g/mol. The second-order valence-electron chi connectivity index (χ2n) is 8.71. The Morgan fingerprint density at radius 2 is 1.97 bits per heavy atom. The molecule has 0 bridgehead atoms. The maximum atomic E-state index is 13.4. The van der Waals surface area contributed by atoms with Gasteiger partial charge in [-0.3, -0.25) is 4.79 Å². The van der Waals surface area contributed by atoms with Gasteiger partial charge in [0.25, 0.3) is 0 Å². The number of aromatic nitrogens is 1. The van der Waals surface area contributed by atoms with Gasteiger partial charge in [-0.1, -0.05) is 42.5 Å². The molecule has 0 radical (unpaired) electrons. The first-order valence-electron chi connectivity index (χ1n) is 11.1. The number of benzene rings is 1. The predicted octanol–water partition coefficient (Wildman–Crippen LogP) is 4.83. The van der Waals surface area contributed by atoms with Crippen LogP contribution in [-0.2, 0) is 20.8 Å². The van der Waals surface area contributed by atoms with Gasteiger partial charge in [0.15, 0.2) is 0 Å². The van der Waals surface area contributed by atoms with Crippen molar-refractivity contribution in [1.29, 1.82) is 0 Å². The molecule has 2 heterocycles. The molecule has 1 aliphatic carbocycles. The molecule has 5 nitrogen and oxygen atoms in total. The number of pyridine rings is 1. The number of rotatable bonds is 5.